The van der Waals surface area contributed by atoms with Gasteiger partial charge in [-0.15, -0.1) is 0 Å². The Bertz CT molecular complexity index is 951. The quantitative estimate of drug-likeness (QED) is 0.364. The smallest absolute Gasteiger partial charge is 0.0175 e. The Morgan fingerprint density at radius 2 is 0.913 bits per heavy atom. The lowest BCUT2D eigenvalue weighted by atomic mass is 9.98. The molecule has 0 aromatic heterocycles. The molecule has 0 fully saturated rings. The van der Waals surface area contributed by atoms with Crippen LogP contribution in [0.4, 0.5) is 0 Å². The van der Waals surface area contributed by atoms with Crippen LogP contribution >= 0.6 is 15.9 Å². The van der Waals surface area contributed by atoms with Crippen molar-refractivity contribution in [1.29, 1.82) is 0 Å². The molecule has 4 aromatic carbocycles. The van der Waals surface area contributed by atoms with Crippen molar-refractivity contribution in [2.75, 3.05) is 0 Å². The number of benzene rings is 4. The van der Waals surface area contributed by atoms with Crippen molar-refractivity contribution in [3.63, 3.8) is 0 Å². The highest BCUT2D eigenvalue weighted by atomic mass is 79.9. The number of rotatable bonds is 2. The van der Waals surface area contributed by atoms with Gasteiger partial charge in [0.05, 0.1) is 0 Å². The monoisotopic (exact) mass is 358 g/mol. The van der Waals surface area contributed by atoms with Crippen LogP contribution in [0.15, 0.2) is 95.5 Å². The highest BCUT2D eigenvalue weighted by Crippen LogP contribution is 2.28. The number of halogens is 1. The van der Waals surface area contributed by atoms with Gasteiger partial charge in [-0.05, 0) is 51.2 Å². The van der Waals surface area contributed by atoms with E-state index in [2.05, 4.69) is 107 Å². The maximum absolute atomic E-state index is 3.48. The number of hydrogen-bond donors (Lipinski definition) is 0. The number of hydrogen-bond acceptors (Lipinski definition) is 0. The molecule has 0 saturated carbocycles. The fourth-order valence-electron chi connectivity index (χ4n) is 2.87. The molecule has 0 saturated heterocycles. The first-order chi connectivity index (χ1) is 11.3. The van der Waals surface area contributed by atoms with Gasteiger partial charge >= 0.3 is 0 Å². The van der Waals surface area contributed by atoms with Crippen molar-refractivity contribution in [2.24, 2.45) is 0 Å². The Morgan fingerprint density at radius 3 is 1.57 bits per heavy atom. The molecule has 0 radical (unpaired) electrons. The molecule has 4 aromatic rings. The zero-order chi connectivity index (χ0) is 15.6. The molecule has 110 valence electrons. The van der Waals surface area contributed by atoms with E-state index in [4.69, 9.17) is 0 Å². The summed E-state index contributed by atoms with van der Waals surface area (Å²) in [5.41, 5.74) is 4.97. The SMILES string of the molecule is Brc1ccc(-c2ccc(-c3ccc4ccccc4c3)cc2)cc1. The molecule has 0 atom stereocenters. The fourth-order valence-corrected chi connectivity index (χ4v) is 3.13. The van der Waals surface area contributed by atoms with Gasteiger partial charge in [-0.25, -0.2) is 0 Å². The first kappa shape index (κ1) is 14.2. The van der Waals surface area contributed by atoms with Crippen LogP contribution in [0.1, 0.15) is 0 Å². The first-order valence-electron chi connectivity index (χ1n) is 7.65. The molecule has 0 nitrogen and oxygen atoms in total. The Kier molecular flexibility index (Phi) is 3.72. The summed E-state index contributed by atoms with van der Waals surface area (Å²) in [6.07, 6.45) is 0. The third kappa shape index (κ3) is 2.93. The minimum atomic E-state index is 1.11. The van der Waals surface area contributed by atoms with E-state index in [0.29, 0.717) is 0 Å². The topological polar surface area (TPSA) is 0 Å². The normalized spacial score (nSPS) is 10.8. The highest BCUT2D eigenvalue weighted by molar-refractivity contribution is 9.10. The zero-order valence-corrected chi connectivity index (χ0v) is 14.1. The van der Waals surface area contributed by atoms with Crippen LogP contribution in [-0.2, 0) is 0 Å². The van der Waals surface area contributed by atoms with E-state index < -0.39 is 0 Å². The third-order valence-corrected chi connectivity index (χ3v) is 4.67. The minimum Gasteiger partial charge on any atom is -0.0616 e. The average Bonchev–Trinajstić information content (AvgIpc) is 2.62. The van der Waals surface area contributed by atoms with E-state index in [1.165, 1.54) is 33.0 Å². The second-order valence-corrected chi connectivity index (χ2v) is 6.56. The van der Waals surface area contributed by atoms with Crippen molar-refractivity contribution >= 4 is 26.7 Å². The lowest BCUT2D eigenvalue weighted by molar-refractivity contribution is 1.58. The Morgan fingerprint density at radius 1 is 0.435 bits per heavy atom. The van der Waals surface area contributed by atoms with E-state index in [9.17, 15) is 0 Å². The maximum atomic E-state index is 3.48. The van der Waals surface area contributed by atoms with E-state index in [1.807, 2.05) is 0 Å². The van der Waals surface area contributed by atoms with Gasteiger partial charge in [0.15, 0.2) is 0 Å². The molecule has 4 rings (SSSR count). The molecule has 0 heterocycles. The van der Waals surface area contributed by atoms with E-state index in [0.717, 1.165) is 4.47 Å². The van der Waals surface area contributed by atoms with Crippen molar-refractivity contribution in [1.82, 2.24) is 0 Å². The van der Waals surface area contributed by atoms with Gasteiger partial charge in [0.25, 0.3) is 0 Å². The zero-order valence-electron chi connectivity index (χ0n) is 12.5. The molecule has 0 amide bonds. The lowest BCUT2D eigenvalue weighted by Gasteiger charge is -2.07. The van der Waals surface area contributed by atoms with Gasteiger partial charge < -0.3 is 0 Å². The molecule has 0 bridgehead atoms. The summed E-state index contributed by atoms with van der Waals surface area (Å²) >= 11 is 3.48. The molecule has 0 aliphatic rings. The van der Waals surface area contributed by atoms with Crippen LogP contribution in [0.3, 0.4) is 0 Å². The first-order valence-corrected chi connectivity index (χ1v) is 8.44. The van der Waals surface area contributed by atoms with Crippen molar-refractivity contribution in [2.45, 2.75) is 0 Å². The number of fused-ring (bicyclic) bond motifs is 1. The fraction of sp³-hybridized carbons (Fsp3) is 0. The molecular weight excluding hydrogens is 344 g/mol. The Labute approximate surface area is 144 Å². The Hall–Kier alpha value is -2.38. The van der Waals surface area contributed by atoms with E-state index in [1.54, 1.807) is 0 Å². The van der Waals surface area contributed by atoms with Crippen LogP contribution in [0.2, 0.25) is 0 Å². The van der Waals surface area contributed by atoms with Crippen LogP contribution in [0.25, 0.3) is 33.0 Å². The average molecular weight is 359 g/mol. The Balaban J connectivity index is 1.70. The van der Waals surface area contributed by atoms with Crippen LogP contribution in [0.5, 0.6) is 0 Å². The standard InChI is InChI=1S/C22H15Br/c23-22-13-11-18(12-14-22)17-5-7-19(8-6-17)21-10-9-16-3-1-2-4-20(16)15-21/h1-15H. The summed E-state index contributed by atoms with van der Waals surface area (Å²) in [6.45, 7) is 0. The summed E-state index contributed by atoms with van der Waals surface area (Å²) in [7, 11) is 0. The van der Waals surface area contributed by atoms with Gasteiger partial charge in [-0.1, -0.05) is 88.7 Å². The van der Waals surface area contributed by atoms with Crippen LogP contribution < -0.4 is 0 Å². The van der Waals surface area contributed by atoms with Crippen molar-refractivity contribution in [3.05, 3.63) is 95.5 Å². The molecule has 0 unspecified atom stereocenters. The van der Waals surface area contributed by atoms with Crippen molar-refractivity contribution < 1.29 is 0 Å². The summed E-state index contributed by atoms with van der Waals surface area (Å²) in [4.78, 5) is 0. The molecule has 0 aliphatic carbocycles. The molecule has 0 spiro atoms. The molecule has 1 heteroatoms. The predicted molar refractivity (Wildman–Crippen MR) is 103 cm³/mol. The van der Waals surface area contributed by atoms with Crippen molar-refractivity contribution in [3.8, 4) is 22.3 Å². The molecule has 23 heavy (non-hydrogen) atoms. The summed E-state index contributed by atoms with van der Waals surface area (Å²) in [5, 5.41) is 2.56. The van der Waals surface area contributed by atoms with Gasteiger partial charge in [-0.3, -0.25) is 0 Å². The second kappa shape index (κ2) is 6.02. The van der Waals surface area contributed by atoms with Crippen LogP contribution in [0, 0.1) is 0 Å². The minimum absolute atomic E-state index is 1.11. The predicted octanol–water partition coefficient (Wildman–Crippen LogP) is 6.94. The largest absolute Gasteiger partial charge is 0.0616 e. The van der Waals surface area contributed by atoms with E-state index in [-0.39, 0.29) is 0 Å². The van der Waals surface area contributed by atoms with E-state index >= 15 is 0 Å². The molecular formula is C22H15Br. The highest BCUT2D eigenvalue weighted by Gasteiger charge is 2.02. The summed E-state index contributed by atoms with van der Waals surface area (Å²) in [5.74, 6) is 0. The molecule has 0 aliphatic heterocycles. The maximum Gasteiger partial charge on any atom is 0.0175 e. The van der Waals surface area contributed by atoms with Gasteiger partial charge in [0.2, 0.25) is 0 Å². The lowest BCUT2D eigenvalue weighted by Crippen LogP contribution is -1.81. The second-order valence-electron chi connectivity index (χ2n) is 5.65. The summed E-state index contributed by atoms with van der Waals surface area (Å²) in [6, 6.07) is 32.3. The summed E-state index contributed by atoms with van der Waals surface area (Å²) < 4.78 is 1.11. The van der Waals surface area contributed by atoms with Gasteiger partial charge in [0, 0.05) is 4.47 Å². The van der Waals surface area contributed by atoms with Gasteiger partial charge in [-0.2, -0.15) is 0 Å². The van der Waals surface area contributed by atoms with Gasteiger partial charge in [0.1, 0.15) is 0 Å². The molecule has 0 N–H and O–H groups in total. The third-order valence-electron chi connectivity index (χ3n) is 4.15. The van der Waals surface area contributed by atoms with Crippen LogP contribution in [-0.4, -0.2) is 0 Å².